The van der Waals surface area contributed by atoms with Gasteiger partial charge < -0.3 is 10.2 Å². The van der Waals surface area contributed by atoms with Crippen molar-refractivity contribution in [2.75, 3.05) is 18.9 Å². The van der Waals surface area contributed by atoms with Crippen LogP contribution in [0.5, 0.6) is 0 Å². The molecule has 1 aliphatic rings. The maximum absolute atomic E-state index is 12.1. The molecule has 2 heterocycles. The van der Waals surface area contributed by atoms with E-state index in [0.29, 0.717) is 13.0 Å². The minimum atomic E-state index is 0.267. The van der Waals surface area contributed by atoms with E-state index in [1.807, 2.05) is 30.3 Å². The average Bonchev–Trinajstić information content (AvgIpc) is 2.53. The lowest BCUT2D eigenvalue weighted by molar-refractivity contribution is -0.131. The molecule has 1 aliphatic heterocycles. The first-order valence-corrected chi connectivity index (χ1v) is 6.91. The number of hydrogen-bond donors (Lipinski definition) is 1. The Morgan fingerprint density at radius 1 is 1.37 bits per heavy atom. The summed E-state index contributed by atoms with van der Waals surface area (Å²) in [5.74, 6) is 1.12. The van der Waals surface area contributed by atoms with Crippen LogP contribution in [0.25, 0.3) is 0 Å². The van der Waals surface area contributed by atoms with E-state index in [0.717, 1.165) is 30.8 Å². The number of amides is 1. The van der Waals surface area contributed by atoms with Crippen LogP contribution >= 0.6 is 0 Å². The summed E-state index contributed by atoms with van der Waals surface area (Å²) in [7, 11) is 1.85. The number of rotatable bonds is 3. The van der Waals surface area contributed by atoms with E-state index in [-0.39, 0.29) is 11.3 Å². The maximum atomic E-state index is 12.1. The van der Waals surface area contributed by atoms with Crippen molar-refractivity contribution in [1.29, 1.82) is 0 Å². The Morgan fingerprint density at radius 3 is 2.79 bits per heavy atom. The molecule has 1 aromatic heterocycles. The fraction of sp³-hybridized carbons (Fsp3) is 0.600. The highest BCUT2D eigenvalue weighted by atomic mass is 16.2. The minimum Gasteiger partial charge on any atom is -0.373 e. The molecule has 104 valence electrons. The molecule has 1 saturated heterocycles. The summed E-state index contributed by atoms with van der Waals surface area (Å²) in [6, 6.07) is 3.98. The largest absolute Gasteiger partial charge is 0.373 e. The van der Waals surface area contributed by atoms with Gasteiger partial charge >= 0.3 is 0 Å². The normalized spacial score (nSPS) is 19.1. The second kappa shape index (κ2) is 5.59. The molecule has 0 unspecified atom stereocenters. The van der Waals surface area contributed by atoms with E-state index in [2.05, 4.69) is 24.1 Å². The number of pyridine rings is 1. The van der Waals surface area contributed by atoms with Crippen LogP contribution in [0.3, 0.4) is 0 Å². The summed E-state index contributed by atoms with van der Waals surface area (Å²) in [5.41, 5.74) is 1.37. The number of hydrogen-bond acceptors (Lipinski definition) is 3. The van der Waals surface area contributed by atoms with E-state index in [1.165, 1.54) is 0 Å². The number of carbonyl (C=O) groups excluding carboxylic acids is 1. The van der Waals surface area contributed by atoms with Crippen LogP contribution in [0.4, 0.5) is 5.82 Å². The Hall–Kier alpha value is -1.58. The number of anilines is 1. The van der Waals surface area contributed by atoms with Crippen molar-refractivity contribution in [1.82, 2.24) is 9.88 Å². The molecule has 0 bridgehead atoms. The zero-order chi connectivity index (χ0) is 13.9. The lowest BCUT2D eigenvalue weighted by Crippen LogP contribution is -2.30. The van der Waals surface area contributed by atoms with Gasteiger partial charge in [-0.25, -0.2) is 4.98 Å². The van der Waals surface area contributed by atoms with Crippen molar-refractivity contribution < 1.29 is 4.79 Å². The highest BCUT2D eigenvalue weighted by Gasteiger charge is 2.27. The molecular formula is C15H23N3O. The van der Waals surface area contributed by atoms with Crippen LogP contribution in [-0.4, -0.2) is 29.4 Å². The molecule has 1 amide bonds. The maximum Gasteiger partial charge on any atom is 0.222 e. The average molecular weight is 261 g/mol. The third-order valence-electron chi connectivity index (χ3n) is 3.88. The highest BCUT2D eigenvalue weighted by molar-refractivity contribution is 5.76. The Labute approximate surface area is 115 Å². The van der Waals surface area contributed by atoms with Gasteiger partial charge in [0.2, 0.25) is 5.91 Å². The summed E-state index contributed by atoms with van der Waals surface area (Å²) in [4.78, 5) is 18.4. The number of nitrogens with one attached hydrogen (secondary N) is 1. The third-order valence-corrected chi connectivity index (χ3v) is 3.88. The number of carbonyl (C=O) groups is 1. The summed E-state index contributed by atoms with van der Waals surface area (Å²) in [6.45, 7) is 6.01. The molecule has 0 aliphatic carbocycles. The quantitative estimate of drug-likeness (QED) is 0.910. The van der Waals surface area contributed by atoms with Gasteiger partial charge in [-0.3, -0.25) is 4.79 Å². The van der Waals surface area contributed by atoms with E-state index in [1.54, 1.807) is 0 Å². The molecule has 1 fully saturated rings. The van der Waals surface area contributed by atoms with Crippen LogP contribution in [0, 0.1) is 5.41 Å². The van der Waals surface area contributed by atoms with Gasteiger partial charge in [0.25, 0.3) is 0 Å². The SMILES string of the molecule is CNc1ccc(CN2CCC(C)(C)CCC2=O)cn1. The minimum absolute atomic E-state index is 0.267. The molecule has 4 heteroatoms. The van der Waals surface area contributed by atoms with Crippen LogP contribution in [-0.2, 0) is 11.3 Å². The lowest BCUT2D eigenvalue weighted by Gasteiger charge is -2.23. The smallest absolute Gasteiger partial charge is 0.222 e. The molecule has 1 N–H and O–H groups in total. The Morgan fingerprint density at radius 2 is 2.16 bits per heavy atom. The first-order chi connectivity index (χ1) is 9.00. The zero-order valence-corrected chi connectivity index (χ0v) is 12.1. The van der Waals surface area contributed by atoms with Gasteiger partial charge in [-0.05, 0) is 29.9 Å². The summed E-state index contributed by atoms with van der Waals surface area (Å²) >= 11 is 0. The van der Waals surface area contributed by atoms with Crippen molar-refractivity contribution in [3.8, 4) is 0 Å². The van der Waals surface area contributed by atoms with Crippen molar-refractivity contribution >= 4 is 11.7 Å². The van der Waals surface area contributed by atoms with E-state index >= 15 is 0 Å². The fourth-order valence-corrected chi connectivity index (χ4v) is 2.34. The molecule has 0 atom stereocenters. The van der Waals surface area contributed by atoms with Crippen molar-refractivity contribution in [3.05, 3.63) is 23.9 Å². The van der Waals surface area contributed by atoms with Gasteiger partial charge in [0.05, 0.1) is 0 Å². The fourth-order valence-electron chi connectivity index (χ4n) is 2.34. The van der Waals surface area contributed by atoms with Gasteiger partial charge in [0.15, 0.2) is 0 Å². The monoisotopic (exact) mass is 261 g/mol. The third kappa shape index (κ3) is 3.69. The van der Waals surface area contributed by atoms with Gasteiger partial charge in [-0.2, -0.15) is 0 Å². The first kappa shape index (κ1) is 13.8. The standard InChI is InChI=1S/C15H23N3O/c1-15(2)7-6-14(19)18(9-8-15)11-12-4-5-13(16-3)17-10-12/h4-5,10H,6-9,11H2,1-3H3,(H,16,17). The Balaban J connectivity index is 2.02. The summed E-state index contributed by atoms with van der Waals surface area (Å²) < 4.78 is 0. The highest BCUT2D eigenvalue weighted by Crippen LogP contribution is 2.30. The van der Waals surface area contributed by atoms with Crippen LogP contribution in [0.15, 0.2) is 18.3 Å². The lowest BCUT2D eigenvalue weighted by atomic mass is 9.85. The molecule has 2 rings (SSSR count). The Bertz CT molecular complexity index is 439. The van der Waals surface area contributed by atoms with Gasteiger partial charge in [-0.1, -0.05) is 19.9 Å². The van der Waals surface area contributed by atoms with Crippen LogP contribution < -0.4 is 5.32 Å². The van der Waals surface area contributed by atoms with E-state index < -0.39 is 0 Å². The molecule has 0 aromatic carbocycles. The molecule has 4 nitrogen and oxygen atoms in total. The topological polar surface area (TPSA) is 45.2 Å². The van der Waals surface area contributed by atoms with Crippen molar-refractivity contribution in [2.24, 2.45) is 5.41 Å². The predicted octanol–water partition coefficient (Wildman–Crippen LogP) is 2.66. The summed E-state index contributed by atoms with van der Waals surface area (Å²) in [5, 5.41) is 3.00. The molecule has 0 spiro atoms. The van der Waals surface area contributed by atoms with Crippen molar-refractivity contribution in [3.63, 3.8) is 0 Å². The predicted molar refractivity (Wildman–Crippen MR) is 76.8 cm³/mol. The number of likely N-dealkylation sites (tertiary alicyclic amines) is 1. The first-order valence-electron chi connectivity index (χ1n) is 6.91. The van der Waals surface area contributed by atoms with Crippen LogP contribution in [0.2, 0.25) is 0 Å². The molecule has 0 saturated carbocycles. The summed E-state index contributed by atoms with van der Waals surface area (Å²) in [6.07, 6.45) is 4.56. The molecule has 19 heavy (non-hydrogen) atoms. The van der Waals surface area contributed by atoms with Gasteiger partial charge in [0.1, 0.15) is 5.82 Å². The van der Waals surface area contributed by atoms with E-state index in [4.69, 9.17) is 0 Å². The molecule has 0 radical (unpaired) electrons. The zero-order valence-electron chi connectivity index (χ0n) is 12.1. The Kier molecular flexibility index (Phi) is 4.08. The second-order valence-electron chi connectivity index (χ2n) is 6.03. The molecular weight excluding hydrogens is 238 g/mol. The number of nitrogens with zero attached hydrogens (tertiary/aromatic N) is 2. The van der Waals surface area contributed by atoms with Gasteiger partial charge in [-0.15, -0.1) is 0 Å². The van der Waals surface area contributed by atoms with Crippen LogP contribution in [0.1, 0.15) is 38.7 Å². The second-order valence-corrected chi connectivity index (χ2v) is 6.03. The molecule has 1 aromatic rings. The van der Waals surface area contributed by atoms with Crippen molar-refractivity contribution in [2.45, 2.75) is 39.7 Å². The van der Waals surface area contributed by atoms with Gasteiger partial charge in [0, 0.05) is 32.8 Å². The number of aromatic nitrogens is 1. The van der Waals surface area contributed by atoms with E-state index in [9.17, 15) is 4.79 Å².